The number of thiazole rings is 2. The lowest BCUT2D eigenvalue weighted by Gasteiger charge is -2.02. The smallest absolute Gasteiger partial charge is 0.198 e. The lowest BCUT2D eigenvalue weighted by Crippen LogP contribution is -2.10. The summed E-state index contributed by atoms with van der Waals surface area (Å²) >= 11 is 2.44. The Kier molecular flexibility index (Phi) is 3.49. The zero-order chi connectivity index (χ0) is 15.0. The summed E-state index contributed by atoms with van der Waals surface area (Å²) in [6.07, 6.45) is 0. The molecule has 0 spiro atoms. The number of fused-ring (bicyclic) bond motifs is 1. The largest absolute Gasteiger partial charge is 0.291 e. The highest BCUT2D eigenvalue weighted by Crippen LogP contribution is 2.31. The minimum absolute atomic E-state index is 0.308. The van der Waals surface area contributed by atoms with E-state index in [-0.39, 0.29) is 5.78 Å². The molecule has 1 atom stereocenters. The molecule has 0 saturated heterocycles. The monoisotopic (exact) mass is 317 g/mol. The number of halogens is 1. The number of benzene rings is 1. The van der Waals surface area contributed by atoms with Crippen molar-refractivity contribution in [1.29, 1.82) is 5.26 Å². The molecule has 2 aromatic heterocycles. The van der Waals surface area contributed by atoms with Crippen molar-refractivity contribution < 1.29 is 9.18 Å². The lowest BCUT2D eigenvalue weighted by atomic mass is 10.0. The molecule has 0 aliphatic carbocycles. The molecule has 0 bridgehead atoms. The second-order valence-corrected chi connectivity index (χ2v) is 6.27. The first kappa shape index (κ1) is 13.8. The van der Waals surface area contributed by atoms with Crippen molar-refractivity contribution in [2.45, 2.75) is 12.8 Å². The number of rotatable bonds is 3. The number of hydrogen-bond acceptors (Lipinski definition) is 6. The predicted molar refractivity (Wildman–Crippen MR) is 79.1 cm³/mol. The van der Waals surface area contributed by atoms with Crippen LogP contribution in [-0.4, -0.2) is 15.8 Å². The third-order valence-corrected chi connectivity index (χ3v) is 5.02. The highest BCUT2D eigenvalue weighted by Gasteiger charge is 2.27. The van der Waals surface area contributed by atoms with Crippen LogP contribution >= 0.6 is 22.7 Å². The molecule has 0 N–H and O–H groups in total. The summed E-state index contributed by atoms with van der Waals surface area (Å²) in [7, 11) is 0. The van der Waals surface area contributed by atoms with E-state index in [0.29, 0.717) is 21.1 Å². The van der Waals surface area contributed by atoms with Gasteiger partial charge in [-0.2, -0.15) is 5.26 Å². The molecule has 0 aliphatic rings. The number of hydrogen-bond donors (Lipinski definition) is 0. The van der Waals surface area contributed by atoms with E-state index < -0.39 is 11.7 Å². The second kappa shape index (κ2) is 5.31. The van der Waals surface area contributed by atoms with Crippen molar-refractivity contribution in [3.8, 4) is 6.07 Å². The van der Waals surface area contributed by atoms with Crippen molar-refractivity contribution >= 4 is 38.7 Å². The van der Waals surface area contributed by atoms with E-state index >= 15 is 0 Å². The maximum absolute atomic E-state index is 13.2. The van der Waals surface area contributed by atoms with Crippen LogP contribution in [0.5, 0.6) is 0 Å². The highest BCUT2D eigenvalue weighted by molar-refractivity contribution is 7.19. The predicted octanol–water partition coefficient (Wildman–Crippen LogP) is 3.69. The van der Waals surface area contributed by atoms with Crippen LogP contribution in [0.4, 0.5) is 4.39 Å². The van der Waals surface area contributed by atoms with E-state index in [1.54, 1.807) is 18.5 Å². The standard InChI is InChI=1S/C14H8FN3OS2/c1-7-13(20-6-17-7)12(19)9(5-16)14-18-10-4-8(15)2-3-11(10)21-14/h2-4,6,9H,1H3/t9-/m0/s1. The number of nitriles is 1. The van der Waals surface area contributed by atoms with Crippen molar-refractivity contribution in [3.05, 3.63) is 45.1 Å². The number of nitrogens with zero attached hydrogens (tertiary/aromatic N) is 3. The molecule has 0 radical (unpaired) electrons. The summed E-state index contributed by atoms with van der Waals surface area (Å²) in [5.41, 5.74) is 2.64. The van der Waals surface area contributed by atoms with Crippen LogP contribution in [0.15, 0.2) is 23.7 Å². The molecule has 7 heteroatoms. The van der Waals surface area contributed by atoms with Gasteiger partial charge in [-0.25, -0.2) is 14.4 Å². The lowest BCUT2D eigenvalue weighted by molar-refractivity contribution is 0.0982. The number of Topliss-reactive ketones (excluding diaryl/α,β-unsaturated/α-hetero) is 1. The van der Waals surface area contributed by atoms with E-state index in [0.717, 1.165) is 4.70 Å². The third kappa shape index (κ3) is 2.44. The minimum Gasteiger partial charge on any atom is -0.291 e. The molecule has 0 unspecified atom stereocenters. The Morgan fingerprint density at radius 2 is 2.29 bits per heavy atom. The molecule has 0 saturated carbocycles. The van der Waals surface area contributed by atoms with Crippen molar-refractivity contribution in [3.63, 3.8) is 0 Å². The fourth-order valence-electron chi connectivity index (χ4n) is 1.94. The van der Waals surface area contributed by atoms with E-state index in [4.69, 9.17) is 0 Å². The highest BCUT2D eigenvalue weighted by atomic mass is 32.1. The summed E-state index contributed by atoms with van der Waals surface area (Å²) in [6, 6.07) is 6.22. The molecule has 3 aromatic rings. The maximum Gasteiger partial charge on any atom is 0.198 e. The SMILES string of the molecule is Cc1ncsc1C(=O)[C@H](C#N)c1nc2cc(F)ccc2s1. The summed E-state index contributed by atoms with van der Waals surface area (Å²) in [6.45, 7) is 1.73. The zero-order valence-corrected chi connectivity index (χ0v) is 12.5. The molecule has 0 fully saturated rings. The Labute approximate surface area is 127 Å². The number of carbonyl (C=O) groups excluding carboxylic acids is 1. The van der Waals surface area contributed by atoms with E-state index in [1.807, 2.05) is 6.07 Å². The topological polar surface area (TPSA) is 66.6 Å². The van der Waals surface area contributed by atoms with Crippen LogP contribution < -0.4 is 0 Å². The zero-order valence-electron chi connectivity index (χ0n) is 10.8. The molecule has 104 valence electrons. The van der Waals surface area contributed by atoms with Crippen LogP contribution in [0, 0.1) is 24.1 Å². The van der Waals surface area contributed by atoms with Gasteiger partial charge in [0.1, 0.15) is 10.8 Å². The molecular formula is C14H8FN3OS2. The van der Waals surface area contributed by atoms with Gasteiger partial charge in [-0.3, -0.25) is 4.79 Å². The van der Waals surface area contributed by atoms with Gasteiger partial charge in [0.25, 0.3) is 0 Å². The molecule has 2 heterocycles. The second-order valence-electron chi connectivity index (χ2n) is 4.36. The molecule has 0 aliphatic heterocycles. The maximum atomic E-state index is 13.2. The van der Waals surface area contributed by atoms with Gasteiger partial charge in [-0.1, -0.05) is 0 Å². The van der Waals surface area contributed by atoms with Gasteiger partial charge in [0.05, 0.1) is 32.4 Å². The number of aromatic nitrogens is 2. The van der Waals surface area contributed by atoms with Crippen LogP contribution in [0.3, 0.4) is 0 Å². The average molecular weight is 317 g/mol. The van der Waals surface area contributed by atoms with Gasteiger partial charge < -0.3 is 0 Å². The Morgan fingerprint density at radius 3 is 2.95 bits per heavy atom. The first-order chi connectivity index (χ1) is 10.1. The van der Waals surface area contributed by atoms with Gasteiger partial charge in [0.15, 0.2) is 11.7 Å². The molecule has 3 rings (SSSR count). The van der Waals surface area contributed by atoms with Crippen LogP contribution in [-0.2, 0) is 0 Å². The fourth-order valence-corrected chi connectivity index (χ4v) is 3.70. The average Bonchev–Trinajstić information content (AvgIpc) is 3.05. The van der Waals surface area contributed by atoms with Crippen molar-refractivity contribution in [1.82, 2.24) is 9.97 Å². The van der Waals surface area contributed by atoms with Gasteiger partial charge in [-0.05, 0) is 19.1 Å². The molecule has 0 amide bonds. The van der Waals surface area contributed by atoms with Crippen molar-refractivity contribution in [2.75, 3.05) is 0 Å². The summed E-state index contributed by atoms with van der Waals surface area (Å²) < 4.78 is 13.9. The first-order valence-corrected chi connectivity index (χ1v) is 7.69. The van der Waals surface area contributed by atoms with Gasteiger partial charge in [-0.15, -0.1) is 22.7 Å². The molecule has 21 heavy (non-hydrogen) atoms. The normalized spacial score (nSPS) is 12.2. The number of aryl methyl sites for hydroxylation is 1. The van der Waals surface area contributed by atoms with Crippen molar-refractivity contribution in [2.24, 2.45) is 0 Å². The third-order valence-electron chi connectivity index (χ3n) is 2.97. The van der Waals surface area contributed by atoms with E-state index in [1.165, 1.54) is 34.8 Å². The van der Waals surface area contributed by atoms with E-state index in [2.05, 4.69) is 9.97 Å². The van der Waals surface area contributed by atoms with Crippen LogP contribution in [0.2, 0.25) is 0 Å². The molecule has 4 nitrogen and oxygen atoms in total. The van der Waals surface area contributed by atoms with Gasteiger partial charge >= 0.3 is 0 Å². The number of carbonyl (C=O) groups is 1. The molecule has 1 aromatic carbocycles. The summed E-state index contributed by atoms with van der Waals surface area (Å²) in [5.74, 6) is -1.68. The Bertz CT molecular complexity index is 878. The fraction of sp³-hybridized carbons (Fsp3) is 0.143. The quantitative estimate of drug-likeness (QED) is 0.691. The summed E-state index contributed by atoms with van der Waals surface area (Å²) in [5, 5.41) is 9.71. The van der Waals surface area contributed by atoms with Gasteiger partial charge in [0.2, 0.25) is 0 Å². The molecular weight excluding hydrogens is 309 g/mol. The first-order valence-electron chi connectivity index (χ1n) is 6.00. The minimum atomic E-state index is -0.982. The summed E-state index contributed by atoms with van der Waals surface area (Å²) in [4.78, 5) is 21.2. The Hall–Kier alpha value is -2.17. The Morgan fingerprint density at radius 1 is 1.48 bits per heavy atom. The van der Waals surface area contributed by atoms with E-state index in [9.17, 15) is 14.4 Å². The van der Waals surface area contributed by atoms with Crippen LogP contribution in [0.1, 0.15) is 26.3 Å². The van der Waals surface area contributed by atoms with Crippen LogP contribution in [0.25, 0.3) is 10.2 Å². The van der Waals surface area contributed by atoms with Gasteiger partial charge in [0, 0.05) is 6.07 Å². The Balaban J connectivity index is 2.04. The number of ketones is 1.